The smallest absolute Gasteiger partial charge is 0.174 e. The summed E-state index contributed by atoms with van der Waals surface area (Å²) in [6, 6.07) is 16.1. The quantitative estimate of drug-likeness (QED) is 0.529. The fourth-order valence-electron chi connectivity index (χ4n) is 2.73. The van der Waals surface area contributed by atoms with E-state index in [1.165, 1.54) is 17.0 Å². The lowest BCUT2D eigenvalue weighted by Crippen LogP contribution is -2.33. The molecule has 1 N–H and O–H groups in total. The summed E-state index contributed by atoms with van der Waals surface area (Å²) in [5.41, 5.74) is 1.78. The first-order valence-corrected chi connectivity index (χ1v) is 9.92. The van der Waals surface area contributed by atoms with E-state index in [-0.39, 0.29) is 5.82 Å². The molecule has 0 bridgehead atoms. The van der Waals surface area contributed by atoms with Gasteiger partial charge in [0.1, 0.15) is 5.82 Å². The summed E-state index contributed by atoms with van der Waals surface area (Å²) in [7, 11) is 3.23. The minimum absolute atomic E-state index is 0.280. The topological polar surface area (TPSA) is 33.7 Å². The molecule has 0 unspecified atom stereocenters. The zero-order chi connectivity index (χ0) is 19.9. The standard InChI is InChI=1S/C21H21FN2O2S2/c1-25-19-10-5-15(12-20(19)26-2)13-24(14-18-4-3-11-28-18)21(27)23-17-8-6-16(22)7-9-17/h3-12H,13-14H2,1-2H3,(H,23,27). The van der Waals surface area contributed by atoms with Crippen molar-refractivity contribution < 1.29 is 13.9 Å². The molecule has 2 aromatic carbocycles. The Balaban J connectivity index is 1.80. The van der Waals surface area contributed by atoms with Crippen LogP contribution < -0.4 is 14.8 Å². The van der Waals surface area contributed by atoms with Crippen LogP contribution in [0.2, 0.25) is 0 Å². The summed E-state index contributed by atoms with van der Waals surface area (Å²) < 4.78 is 23.9. The second kappa shape index (κ2) is 9.52. The van der Waals surface area contributed by atoms with Crippen LogP contribution in [0.25, 0.3) is 0 Å². The molecule has 7 heteroatoms. The van der Waals surface area contributed by atoms with E-state index in [1.54, 1.807) is 37.7 Å². The van der Waals surface area contributed by atoms with Gasteiger partial charge < -0.3 is 19.7 Å². The van der Waals surface area contributed by atoms with Gasteiger partial charge in [-0.3, -0.25) is 0 Å². The molecule has 0 fully saturated rings. The highest BCUT2D eigenvalue weighted by atomic mass is 32.1. The molecule has 1 heterocycles. The predicted molar refractivity (Wildman–Crippen MR) is 116 cm³/mol. The van der Waals surface area contributed by atoms with Crippen molar-refractivity contribution in [2.24, 2.45) is 0 Å². The second-order valence-electron chi connectivity index (χ2n) is 6.06. The van der Waals surface area contributed by atoms with Gasteiger partial charge in [0, 0.05) is 17.1 Å². The van der Waals surface area contributed by atoms with Crippen molar-refractivity contribution in [3.05, 3.63) is 76.2 Å². The Bertz CT molecular complexity index is 915. The lowest BCUT2D eigenvalue weighted by Gasteiger charge is -2.26. The largest absolute Gasteiger partial charge is 0.493 e. The maximum Gasteiger partial charge on any atom is 0.174 e. The van der Waals surface area contributed by atoms with Crippen molar-refractivity contribution in [3.8, 4) is 11.5 Å². The minimum Gasteiger partial charge on any atom is -0.493 e. The number of thiocarbonyl (C=S) groups is 1. The van der Waals surface area contributed by atoms with Gasteiger partial charge in [0.2, 0.25) is 0 Å². The van der Waals surface area contributed by atoms with E-state index in [0.29, 0.717) is 29.7 Å². The molecule has 3 rings (SSSR count). The fourth-order valence-corrected chi connectivity index (χ4v) is 3.69. The zero-order valence-electron chi connectivity index (χ0n) is 15.6. The van der Waals surface area contributed by atoms with E-state index in [1.807, 2.05) is 29.6 Å². The third-order valence-electron chi connectivity index (χ3n) is 4.13. The number of hydrogen-bond acceptors (Lipinski definition) is 4. The summed E-state index contributed by atoms with van der Waals surface area (Å²) >= 11 is 7.32. The van der Waals surface area contributed by atoms with E-state index in [9.17, 15) is 4.39 Å². The molecule has 0 aliphatic carbocycles. The van der Waals surface area contributed by atoms with E-state index < -0.39 is 0 Å². The normalized spacial score (nSPS) is 10.4. The van der Waals surface area contributed by atoms with Gasteiger partial charge in [0.25, 0.3) is 0 Å². The molecule has 0 radical (unpaired) electrons. The number of thiophene rings is 1. The van der Waals surface area contributed by atoms with E-state index in [4.69, 9.17) is 21.7 Å². The second-order valence-corrected chi connectivity index (χ2v) is 7.48. The predicted octanol–water partition coefficient (Wildman–Crippen LogP) is 5.30. The first-order valence-electron chi connectivity index (χ1n) is 8.64. The van der Waals surface area contributed by atoms with Gasteiger partial charge in [-0.2, -0.15) is 0 Å². The molecular formula is C21H21FN2O2S2. The Hall–Kier alpha value is -2.64. The Morgan fingerprint density at radius 2 is 1.79 bits per heavy atom. The van der Waals surface area contributed by atoms with Crippen molar-refractivity contribution in [1.82, 2.24) is 4.90 Å². The third kappa shape index (κ3) is 5.21. The summed E-state index contributed by atoms with van der Waals surface area (Å²) in [5.74, 6) is 1.08. The number of ether oxygens (including phenoxy) is 2. The highest BCUT2D eigenvalue weighted by molar-refractivity contribution is 7.80. The van der Waals surface area contributed by atoms with Gasteiger partial charge in [-0.15, -0.1) is 11.3 Å². The number of nitrogens with one attached hydrogen (secondary N) is 1. The summed E-state index contributed by atoms with van der Waals surface area (Å²) in [6.45, 7) is 1.25. The number of rotatable bonds is 7. The van der Waals surface area contributed by atoms with Crippen LogP contribution in [-0.4, -0.2) is 24.2 Å². The molecule has 0 saturated carbocycles. The van der Waals surface area contributed by atoms with Gasteiger partial charge in [0.15, 0.2) is 16.6 Å². The van der Waals surface area contributed by atoms with Crippen molar-refractivity contribution in [3.63, 3.8) is 0 Å². The highest BCUT2D eigenvalue weighted by Gasteiger charge is 2.14. The third-order valence-corrected chi connectivity index (χ3v) is 5.35. The first kappa shape index (κ1) is 20.1. The molecule has 0 aliphatic heterocycles. The fraction of sp³-hybridized carbons (Fsp3) is 0.190. The van der Waals surface area contributed by atoms with Crippen LogP contribution in [0.4, 0.5) is 10.1 Å². The van der Waals surface area contributed by atoms with Gasteiger partial charge in [-0.05, 0) is 65.6 Å². The number of nitrogens with zero attached hydrogens (tertiary/aromatic N) is 1. The molecule has 146 valence electrons. The molecule has 3 aromatic rings. The van der Waals surface area contributed by atoms with Crippen LogP contribution in [-0.2, 0) is 13.1 Å². The van der Waals surface area contributed by atoms with Crippen molar-refractivity contribution in [1.29, 1.82) is 0 Å². The van der Waals surface area contributed by atoms with E-state index >= 15 is 0 Å². The van der Waals surface area contributed by atoms with Gasteiger partial charge in [0.05, 0.1) is 20.8 Å². The molecule has 4 nitrogen and oxygen atoms in total. The van der Waals surface area contributed by atoms with Crippen LogP contribution in [0.3, 0.4) is 0 Å². The Labute approximate surface area is 173 Å². The van der Waals surface area contributed by atoms with Crippen LogP contribution in [0, 0.1) is 5.82 Å². The van der Waals surface area contributed by atoms with Gasteiger partial charge in [-0.25, -0.2) is 4.39 Å². The average Bonchev–Trinajstić information content (AvgIpc) is 3.22. The Morgan fingerprint density at radius 1 is 1.04 bits per heavy atom. The summed E-state index contributed by atoms with van der Waals surface area (Å²) in [5, 5.41) is 5.80. The molecule has 1 aromatic heterocycles. The van der Waals surface area contributed by atoms with E-state index in [0.717, 1.165) is 11.3 Å². The highest BCUT2D eigenvalue weighted by Crippen LogP contribution is 2.28. The molecular weight excluding hydrogens is 395 g/mol. The maximum atomic E-state index is 13.2. The number of methoxy groups -OCH3 is 2. The summed E-state index contributed by atoms with van der Waals surface area (Å²) in [4.78, 5) is 3.26. The molecule has 0 saturated heterocycles. The molecule has 0 amide bonds. The lowest BCUT2D eigenvalue weighted by molar-refractivity contribution is 0.353. The Morgan fingerprint density at radius 3 is 2.43 bits per heavy atom. The minimum atomic E-state index is -0.280. The monoisotopic (exact) mass is 416 g/mol. The van der Waals surface area contributed by atoms with Gasteiger partial charge in [-0.1, -0.05) is 12.1 Å². The van der Waals surface area contributed by atoms with Gasteiger partial charge >= 0.3 is 0 Å². The molecule has 0 spiro atoms. The SMILES string of the molecule is COc1ccc(CN(Cc2cccs2)C(=S)Nc2ccc(F)cc2)cc1OC. The van der Waals surface area contributed by atoms with Crippen LogP contribution in [0.15, 0.2) is 60.0 Å². The van der Waals surface area contributed by atoms with Crippen molar-refractivity contribution >= 4 is 34.4 Å². The van der Waals surface area contributed by atoms with Crippen LogP contribution in [0.5, 0.6) is 11.5 Å². The van der Waals surface area contributed by atoms with Crippen molar-refractivity contribution in [2.45, 2.75) is 13.1 Å². The van der Waals surface area contributed by atoms with Crippen molar-refractivity contribution in [2.75, 3.05) is 19.5 Å². The zero-order valence-corrected chi connectivity index (χ0v) is 17.3. The van der Waals surface area contributed by atoms with E-state index in [2.05, 4.69) is 16.3 Å². The number of hydrogen-bond donors (Lipinski definition) is 1. The van der Waals surface area contributed by atoms with Crippen LogP contribution >= 0.6 is 23.6 Å². The molecule has 0 aliphatic rings. The Kier molecular flexibility index (Phi) is 6.84. The molecule has 0 atom stereocenters. The number of halogens is 1. The average molecular weight is 417 g/mol. The number of benzene rings is 2. The first-order chi connectivity index (χ1) is 13.6. The number of anilines is 1. The summed E-state index contributed by atoms with van der Waals surface area (Å²) in [6.07, 6.45) is 0. The lowest BCUT2D eigenvalue weighted by atomic mass is 10.2. The molecule has 28 heavy (non-hydrogen) atoms. The van der Waals surface area contributed by atoms with Crippen LogP contribution in [0.1, 0.15) is 10.4 Å². The maximum absolute atomic E-state index is 13.2.